The van der Waals surface area contributed by atoms with Crippen molar-refractivity contribution < 1.29 is 13.6 Å². The van der Waals surface area contributed by atoms with Gasteiger partial charge in [0.15, 0.2) is 5.82 Å². The van der Waals surface area contributed by atoms with Gasteiger partial charge >= 0.3 is 0 Å². The van der Waals surface area contributed by atoms with Gasteiger partial charge in [-0.15, -0.1) is 5.10 Å². The average Bonchev–Trinajstić information content (AvgIpc) is 2.77. The molecular weight excluding hydrogens is 306 g/mol. The molecule has 0 radical (unpaired) electrons. The maximum Gasteiger partial charge on any atom is 0.252 e. The van der Waals surface area contributed by atoms with Crippen molar-refractivity contribution in [3.63, 3.8) is 0 Å². The molecule has 1 aliphatic heterocycles. The highest BCUT2D eigenvalue weighted by molar-refractivity contribution is 5.78. The molecule has 124 valence electrons. The molecule has 1 fully saturated rings. The van der Waals surface area contributed by atoms with Crippen LogP contribution in [0.1, 0.15) is 12.2 Å². The number of hydrogen-bond donors (Lipinski definition) is 0. The van der Waals surface area contributed by atoms with Gasteiger partial charge < -0.3 is 4.90 Å². The third-order valence-electron chi connectivity index (χ3n) is 3.81. The van der Waals surface area contributed by atoms with Crippen LogP contribution in [-0.2, 0) is 11.2 Å². The maximum absolute atomic E-state index is 12.4. The highest BCUT2D eigenvalue weighted by atomic mass is 19.3. The molecule has 7 nitrogen and oxygen atoms in total. The fourth-order valence-electron chi connectivity index (χ4n) is 2.70. The summed E-state index contributed by atoms with van der Waals surface area (Å²) in [7, 11) is 0. The van der Waals surface area contributed by atoms with Gasteiger partial charge in [0.05, 0.1) is 13.0 Å². The van der Waals surface area contributed by atoms with Gasteiger partial charge in [-0.25, -0.2) is 18.3 Å². The second-order valence-electron chi connectivity index (χ2n) is 5.50. The van der Waals surface area contributed by atoms with Crippen LogP contribution in [0.4, 0.5) is 8.78 Å². The van der Waals surface area contributed by atoms with E-state index in [2.05, 4.69) is 15.1 Å². The zero-order chi connectivity index (χ0) is 16.2. The Kier molecular flexibility index (Phi) is 4.75. The highest BCUT2D eigenvalue weighted by Gasteiger charge is 2.22. The predicted octanol–water partition coefficient (Wildman–Crippen LogP) is 0.466. The minimum atomic E-state index is -2.34. The van der Waals surface area contributed by atoms with Crippen molar-refractivity contribution in [1.29, 1.82) is 0 Å². The summed E-state index contributed by atoms with van der Waals surface area (Å²) >= 11 is 0. The zero-order valence-corrected chi connectivity index (χ0v) is 12.6. The lowest BCUT2D eigenvalue weighted by Gasteiger charge is -2.21. The molecule has 0 spiro atoms. The molecule has 0 unspecified atom stereocenters. The monoisotopic (exact) mass is 324 g/mol. The third-order valence-corrected chi connectivity index (χ3v) is 3.81. The molecule has 1 saturated heterocycles. The van der Waals surface area contributed by atoms with Gasteiger partial charge in [0, 0.05) is 38.6 Å². The normalized spacial score (nSPS) is 16.9. The topological polar surface area (TPSA) is 66.6 Å². The summed E-state index contributed by atoms with van der Waals surface area (Å²) in [5.74, 6) is 0.788. The Labute approximate surface area is 131 Å². The minimum absolute atomic E-state index is 0.0835. The number of fused-ring (bicyclic) bond motifs is 1. The van der Waals surface area contributed by atoms with Crippen molar-refractivity contribution in [1.82, 2.24) is 29.4 Å². The Morgan fingerprint density at radius 2 is 2.13 bits per heavy atom. The average molecular weight is 324 g/mol. The Morgan fingerprint density at radius 1 is 1.26 bits per heavy atom. The standard InChI is InChI=1S/C14H18F2N6O/c15-11(16)10-20-4-2-5-21(8-7-20)13(23)9-12-18-14-17-3-1-6-22(14)19-12/h1,3,6,11H,2,4-5,7-10H2. The van der Waals surface area contributed by atoms with Gasteiger partial charge in [-0.3, -0.25) is 9.69 Å². The van der Waals surface area contributed by atoms with Gasteiger partial charge in [-0.2, -0.15) is 4.98 Å². The number of carbonyl (C=O) groups is 1. The first-order valence-corrected chi connectivity index (χ1v) is 7.56. The van der Waals surface area contributed by atoms with Crippen molar-refractivity contribution in [3.05, 3.63) is 24.3 Å². The largest absolute Gasteiger partial charge is 0.341 e. The molecule has 0 N–H and O–H groups in total. The number of alkyl halides is 2. The minimum Gasteiger partial charge on any atom is -0.341 e. The van der Waals surface area contributed by atoms with E-state index >= 15 is 0 Å². The third kappa shape index (κ3) is 3.98. The molecule has 0 saturated carbocycles. The van der Waals surface area contributed by atoms with E-state index in [0.29, 0.717) is 44.2 Å². The van der Waals surface area contributed by atoms with Crippen LogP contribution in [0.15, 0.2) is 18.5 Å². The van der Waals surface area contributed by atoms with Crippen molar-refractivity contribution in [2.24, 2.45) is 0 Å². The molecule has 0 bridgehead atoms. The summed E-state index contributed by atoms with van der Waals surface area (Å²) < 4.78 is 26.4. The van der Waals surface area contributed by atoms with Crippen molar-refractivity contribution >= 4 is 11.7 Å². The van der Waals surface area contributed by atoms with Crippen LogP contribution in [0.2, 0.25) is 0 Å². The molecule has 3 heterocycles. The van der Waals surface area contributed by atoms with Crippen LogP contribution < -0.4 is 0 Å². The van der Waals surface area contributed by atoms with Crippen molar-refractivity contribution in [2.75, 3.05) is 32.7 Å². The molecule has 23 heavy (non-hydrogen) atoms. The summed E-state index contributed by atoms with van der Waals surface area (Å²) in [5.41, 5.74) is 0. The van der Waals surface area contributed by atoms with Gasteiger partial charge in [-0.05, 0) is 12.5 Å². The van der Waals surface area contributed by atoms with E-state index in [4.69, 9.17) is 0 Å². The number of carbonyl (C=O) groups excluding carboxylic acids is 1. The van der Waals surface area contributed by atoms with E-state index in [1.807, 2.05) is 0 Å². The second-order valence-corrected chi connectivity index (χ2v) is 5.50. The van der Waals surface area contributed by atoms with Gasteiger partial charge in [0.25, 0.3) is 12.2 Å². The lowest BCUT2D eigenvalue weighted by molar-refractivity contribution is -0.130. The number of nitrogens with zero attached hydrogens (tertiary/aromatic N) is 6. The summed E-state index contributed by atoms with van der Waals surface area (Å²) in [6, 6.07) is 1.74. The lowest BCUT2D eigenvalue weighted by atomic mass is 10.3. The van der Waals surface area contributed by atoms with Gasteiger partial charge in [-0.1, -0.05) is 0 Å². The molecule has 0 atom stereocenters. The number of halogens is 2. The number of amides is 1. The van der Waals surface area contributed by atoms with E-state index < -0.39 is 6.43 Å². The fourth-order valence-corrected chi connectivity index (χ4v) is 2.70. The van der Waals surface area contributed by atoms with Crippen LogP contribution >= 0.6 is 0 Å². The molecule has 1 amide bonds. The maximum atomic E-state index is 12.4. The quantitative estimate of drug-likeness (QED) is 0.818. The summed E-state index contributed by atoms with van der Waals surface area (Å²) in [6.45, 7) is 1.85. The van der Waals surface area contributed by atoms with E-state index in [9.17, 15) is 13.6 Å². The van der Waals surface area contributed by atoms with Gasteiger partial charge in [0.1, 0.15) is 0 Å². The van der Waals surface area contributed by atoms with Crippen LogP contribution in [-0.4, -0.2) is 74.4 Å². The molecular formula is C14H18F2N6O. The molecule has 0 aliphatic carbocycles. The van der Waals surface area contributed by atoms with E-state index in [-0.39, 0.29) is 18.9 Å². The van der Waals surface area contributed by atoms with E-state index in [0.717, 1.165) is 0 Å². The Morgan fingerprint density at radius 3 is 2.91 bits per heavy atom. The first-order valence-electron chi connectivity index (χ1n) is 7.56. The number of rotatable bonds is 4. The Bertz CT molecular complexity index is 643. The Balaban J connectivity index is 1.59. The summed E-state index contributed by atoms with van der Waals surface area (Å²) in [5, 5.41) is 4.21. The first kappa shape index (κ1) is 15.7. The predicted molar refractivity (Wildman–Crippen MR) is 78.1 cm³/mol. The van der Waals surface area contributed by atoms with E-state index in [1.54, 1.807) is 28.3 Å². The zero-order valence-electron chi connectivity index (χ0n) is 12.6. The number of hydrogen-bond acceptors (Lipinski definition) is 5. The molecule has 1 aliphatic rings. The highest BCUT2D eigenvalue weighted by Crippen LogP contribution is 2.08. The molecule has 0 aromatic carbocycles. The van der Waals surface area contributed by atoms with Gasteiger partial charge in [0.2, 0.25) is 5.91 Å². The Hall–Kier alpha value is -2.16. The second kappa shape index (κ2) is 6.95. The van der Waals surface area contributed by atoms with Crippen LogP contribution in [0.3, 0.4) is 0 Å². The smallest absolute Gasteiger partial charge is 0.252 e. The molecule has 9 heteroatoms. The van der Waals surface area contributed by atoms with Crippen LogP contribution in [0.25, 0.3) is 5.78 Å². The molecule has 2 aromatic heterocycles. The SMILES string of the molecule is O=C(Cc1nc2ncccn2n1)N1CCCN(CC(F)F)CC1. The fraction of sp³-hybridized carbons (Fsp3) is 0.571. The summed E-state index contributed by atoms with van der Waals surface area (Å²) in [4.78, 5) is 24.0. The van der Waals surface area contributed by atoms with Crippen LogP contribution in [0, 0.1) is 0 Å². The lowest BCUT2D eigenvalue weighted by Crippen LogP contribution is -2.37. The van der Waals surface area contributed by atoms with Crippen LogP contribution in [0.5, 0.6) is 0 Å². The van der Waals surface area contributed by atoms with Crippen molar-refractivity contribution in [2.45, 2.75) is 19.3 Å². The summed E-state index contributed by atoms with van der Waals surface area (Å²) in [6.07, 6.45) is 1.78. The number of aromatic nitrogens is 4. The van der Waals surface area contributed by atoms with E-state index in [1.165, 1.54) is 4.52 Å². The first-order chi connectivity index (χ1) is 11.1. The van der Waals surface area contributed by atoms with Crippen molar-refractivity contribution in [3.8, 4) is 0 Å². The molecule has 3 rings (SSSR count). The molecule has 2 aromatic rings.